The third-order valence-corrected chi connectivity index (χ3v) is 5.62. The molecule has 3 aromatic carbocycles. The third kappa shape index (κ3) is 3.70. The van der Waals surface area contributed by atoms with Crippen molar-refractivity contribution in [3.63, 3.8) is 0 Å². The summed E-state index contributed by atoms with van der Waals surface area (Å²) >= 11 is 0. The van der Waals surface area contributed by atoms with Crippen LogP contribution < -0.4 is 15.4 Å². The van der Waals surface area contributed by atoms with Gasteiger partial charge >= 0.3 is 6.03 Å². The van der Waals surface area contributed by atoms with Crippen LogP contribution in [0.4, 0.5) is 10.5 Å². The number of aryl methyl sites for hydroxylation is 1. The molecule has 7 nitrogen and oxygen atoms in total. The fourth-order valence-corrected chi connectivity index (χ4v) is 3.74. The van der Waals surface area contributed by atoms with Gasteiger partial charge in [0.15, 0.2) is 0 Å². The van der Waals surface area contributed by atoms with Gasteiger partial charge in [-0.05, 0) is 60.0 Å². The molecule has 3 aromatic rings. The maximum atomic E-state index is 13.2. The Morgan fingerprint density at radius 3 is 2.52 bits per heavy atom. The number of anilines is 1. The monoisotopic (exact) mass is 417 g/mol. The molecule has 1 fully saturated rings. The van der Waals surface area contributed by atoms with Crippen LogP contribution in [-0.2, 0) is 15.1 Å². The normalized spacial score (nSPS) is 18.2. The number of carbonyl (C=O) groups excluding carboxylic acids is 3. The van der Waals surface area contributed by atoms with Crippen molar-refractivity contribution in [3.05, 3.63) is 71.8 Å². The molecule has 0 bridgehead atoms. The van der Waals surface area contributed by atoms with Gasteiger partial charge in [-0.25, -0.2) is 4.79 Å². The zero-order chi connectivity index (χ0) is 22.2. The summed E-state index contributed by atoms with van der Waals surface area (Å²) in [6, 6.07) is 17.9. The summed E-state index contributed by atoms with van der Waals surface area (Å²) in [5.41, 5.74) is 0.928. The van der Waals surface area contributed by atoms with Crippen LogP contribution in [0.2, 0.25) is 0 Å². The van der Waals surface area contributed by atoms with Crippen molar-refractivity contribution in [2.24, 2.45) is 0 Å². The topological polar surface area (TPSA) is 87.7 Å². The molecular formula is C24H23N3O4. The molecule has 1 saturated heterocycles. The average molecular weight is 417 g/mol. The molecule has 1 unspecified atom stereocenters. The maximum absolute atomic E-state index is 13.2. The summed E-state index contributed by atoms with van der Waals surface area (Å²) in [5.74, 6) is -0.166. The lowest BCUT2D eigenvalue weighted by Crippen LogP contribution is -2.42. The minimum absolute atomic E-state index is 0.362. The van der Waals surface area contributed by atoms with Gasteiger partial charge in [0.25, 0.3) is 5.91 Å². The Hall–Kier alpha value is -3.87. The van der Waals surface area contributed by atoms with Crippen molar-refractivity contribution >= 4 is 34.3 Å². The summed E-state index contributed by atoms with van der Waals surface area (Å²) in [6.07, 6.45) is 0. The number of benzene rings is 3. The Balaban J connectivity index is 1.56. The SMILES string of the molecule is COc1ccc2cc(C3(C)NC(=O)N(CC(=O)Nc4ccccc4C)C3=O)ccc2c1. The molecule has 0 aliphatic carbocycles. The number of imide groups is 1. The predicted octanol–water partition coefficient (Wildman–Crippen LogP) is 3.56. The van der Waals surface area contributed by atoms with Crippen LogP contribution in [0.1, 0.15) is 18.1 Å². The Bertz CT molecular complexity index is 1210. The predicted molar refractivity (Wildman–Crippen MR) is 118 cm³/mol. The molecule has 0 spiro atoms. The number of methoxy groups -OCH3 is 1. The highest BCUT2D eigenvalue weighted by Crippen LogP contribution is 2.32. The molecule has 0 saturated carbocycles. The van der Waals surface area contributed by atoms with E-state index in [1.165, 1.54) is 0 Å². The molecule has 1 heterocycles. The van der Waals surface area contributed by atoms with Crippen molar-refractivity contribution in [2.45, 2.75) is 19.4 Å². The van der Waals surface area contributed by atoms with Gasteiger partial charge in [0.1, 0.15) is 17.8 Å². The molecule has 2 N–H and O–H groups in total. The van der Waals surface area contributed by atoms with Crippen LogP contribution in [-0.4, -0.2) is 36.4 Å². The van der Waals surface area contributed by atoms with E-state index in [4.69, 9.17) is 4.74 Å². The van der Waals surface area contributed by atoms with Crippen LogP contribution in [0.5, 0.6) is 5.75 Å². The Morgan fingerprint density at radius 2 is 1.77 bits per heavy atom. The number of nitrogens with zero attached hydrogens (tertiary/aromatic N) is 1. The lowest BCUT2D eigenvalue weighted by Gasteiger charge is -2.22. The van der Waals surface area contributed by atoms with Crippen LogP contribution in [0.15, 0.2) is 60.7 Å². The van der Waals surface area contributed by atoms with Crippen LogP contribution in [0, 0.1) is 6.92 Å². The lowest BCUT2D eigenvalue weighted by atomic mass is 9.90. The quantitative estimate of drug-likeness (QED) is 0.622. The molecule has 0 radical (unpaired) electrons. The number of hydrogen-bond donors (Lipinski definition) is 2. The number of amides is 4. The number of nitrogens with one attached hydrogen (secondary N) is 2. The molecule has 7 heteroatoms. The van der Waals surface area contributed by atoms with E-state index >= 15 is 0 Å². The van der Waals surface area contributed by atoms with Gasteiger partial charge in [-0.1, -0.05) is 36.4 Å². The standard InChI is InChI=1S/C24H23N3O4/c1-15-6-4-5-7-20(15)25-21(28)14-27-22(29)24(2,26-23(27)30)18-10-8-17-13-19(31-3)11-9-16(17)12-18/h4-13H,14H2,1-3H3,(H,25,28)(H,26,30). The Morgan fingerprint density at radius 1 is 1.06 bits per heavy atom. The van der Waals surface area contributed by atoms with Gasteiger partial charge < -0.3 is 15.4 Å². The molecule has 31 heavy (non-hydrogen) atoms. The van der Waals surface area contributed by atoms with E-state index in [1.807, 2.05) is 55.5 Å². The summed E-state index contributed by atoms with van der Waals surface area (Å²) in [7, 11) is 1.60. The molecule has 4 rings (SSSR count). The largest absolute Gasteiger partial charge is 0.497 e. The van der Waals surface area contributed by atoms with E-state index in [0.29, 0.717) is 11.3 Å². The second-order valence-corrected chi connectivity index (χ2v) is 7.74. The van der Waals surface area contributed by atoms with E-state index < -0.39 is 23.4 Å². The van der Waals surface area contributed by atoms with Gasteiger partial charge in [-0.15, -0.1) is 0 Å². The van der Waals surface area contributed by atoms with E-state index in [9.17, 15) is 14.4 Å². The third-order valence-electron chi connectivity index (χ3n) is 5.62. The van der Waals surface area contributed by atoms with Crippen LogP contribution in [0.3, 0.4) is 0 Å². The summed E-state index contributed by atoms with van der Waals surface area (Å²) in [6.45, 7) is 3.16. The zero-order valence-corrected chi connectivity index (χ0v) is 17.6. The van der Waals surface area contributed by atoms with Crippen LogP contribution >= 0.6 is 0 Å². The first-order valence-corrected chi connectivity index (χ1v) is 9.90. The first-order valence-electron chi connectivity index (χ1n) is 9.90. The minimum Gasteiger partial charge on any atom is -0.497 e. The molecule has 1 aliphatic heterocycles. The van der Waals surface area contributed by atoms with Crippen LogP contribution in [0.25, 0.3) is 10.8 Å². The van der Waals surface area contributed by atoms with Crippen molar-refractivity contribution in [1.29, 1.82) is 0 Å². The highest BCUT2D eigenvalue weighted by Gasteiger charge is 2.49. The molecular weight excluding hydrogens is 394 g/mol. The number of urea groups is 1. The highest BCUT2D eigenvalue weighted by molar-refractivity contribution is 6.10. The van der Waals surface area contributed by atoms with Gasteiger partial charge in [0.05, 0.1) is 7.11 Å². The number of para-hydroxylation sites is 1. The fraction of sp³-hybridized carbons (Fsp3) is 0.208. The van der Waals surface area contributed by atoms with E-state index in [2.05, 4.69) is 10.6 Å². The van der Waals surface area contributed by atoms with E-state index in [-0.39, 0.29) is 6.54 Å². The summed E-state index contributed by atoms with van der Waals surface area (Å²) in [4.78, 5) is 39.2. The van der Waals surface area contributed by atoms with Gasteiger partial charge in [-0.2, -0.15) is 0 Å². The molecule has 0 aromatic heterocycles. The second kappa shape index (κ2) is 7.75. The first kappa shape index (κ1) is 20.4. The van der Waals surface area contributed by atoms with Gasteiger partial charge in [-0.3, -0.25) is 14.5 Å². The molecule has 1 aliphatic rings. The number of carbonyl (C=O) groups is 3. The maximum Gasteiger partial charge on any atom is 0.325 e. The summed E-state index contributed by atoms with van der Waals surface area (Å²) < 4.78 is 5.25. The van der Waals surface area contributed by atoms with Gasteiger partial charge in [0.2, 0.25) is 5.91 Å². The number of hydrogen-bond acceptors (Lipinski definition) is 4. The highest BCUT2D eigenvalue weighted by atomic mass is 16.5. The summed E-state index contributed by atoms with van der Waals surface area (Å²) in [5, 5.41) is 7.37. The van der Waals surface area contributed by atoms with E-state index in [0.717, 1.165) is 27.0 Å². The number of ether oxygens (including phenoxy) is 1. The van der Waals surface area contributed by atoms with Gasteiger partial charge in [0, 0.05) is 5.69 Å². The zero-order valence-electron chi connectivity index (χ0n) is 17.6. The van der Waals surface area contributed by atoms with Crippen molar-refractivity contribution in [3.8, 4) is 5.75 Å². The van der Waals surface area contributed by atoms with Crippen molar-refractivity contribution < 1.29 is 19.1 Å². The van der Waals surface area contributed by atoms with Crippen molar-refractivity contribution in [1.82, 2.24) is 10.2 Å². The molecule has 1 atom stereocenters. The molecule has 158 valence electrons. The fourth-order valence-electron chi connectivity index (χ4n) is 3.74. The lowest BCUT2D eigenvalue weighted by molar-refractivity contribution is -0.133. The first-order chi connectivity index (χ1) is 14.8. The smallest absolute Gasteiger partial charge is 0.325 e. The number of rotatable bonds is 5. The Kier molecular flexibility index (Phi) is 5.10. The Labute approximate surface area is 180 Å². The number of fused-ring (bicyclic) bond motifs is 1. The van der Waals surface area contributed by atoms with Crippen molar-refractivity contribution in [2.75, 3.05) is 19.0 Å². The average Bonchev–Trinajstić information content (AvgIpc) is 2.98. The minimum atomic E-state index is -1.26. The molecule has 4 amide bonds. The van der Waals surface area contributed by atoms with E-state index in [1.54, 1.807) is 26.2 Å². The second-order valence-electron chi connectivity index (χ2n) is 7.74.